The van der Waals surface area contributed by atoms with Gasteiger partial charge in [-0.05, 0) is 48.8 Å². The average molecular weight is 350 g/mol. The number of hydrogen-bond donors (Lipinski definition) is 2. The Hall–Kier alpha value is -1.99. The zero-order valence-corrected chi connectivity index (χ0v) is 14.0. The molecular formula is C16H15FN2O2S2. The molecule has 0 spiro atoms. The molecule has 3 rings (SSSR count). The second-order valence-electron chi connectivity index (χ2n) is 5.22. The lowest BCUT2D eigenvalue weighted by Crippen LogP contribution is -2.30. The van der Waals surface area contributed by atoms with Crippen molar-refractivity contribution in [2.24, 2.45) is 0 Å². The molecule has 0 aliphatic heterocycles. The molecule has 0 unspecified atom stereocenters. The number of thiocarbonyl (C=S) groups is 1. The number of carbonyl (C=O) groups is 1. The number of methoxy groups -OCH3 is 1. The van der Waals surface area contributed by atoms with Crippen LogP contribution in [0, 0.1) is 5.82 Å². The Labute approximate surface area is 142 Å². The predicted octanol–water partition coefficient (Wildman–Crippen LogP) is 3.79. The summed E-state index contributed by atoms with van der Waals surface area (Å²) < 4.78 is 17.9. The molecule has 0 amide bonds. The van der Waals surface area contributed by atoms with Crippen molar-refractivity contribution in [1.29, 1.82) is 0 Å². The SMILES string of the molecule is COC(=O)c1cc(-c2ccc(F)cc2)sc1NC(=S)NC1CC1. The van der Waals surface area contributed by atoms with Gasteiger partial charge in [0.05, 0.1) is 12.7 Å². The lowest BCUT2D eigenvalue weighted by molar-refractivity contribution is 0.0602. The molecule has 0 saturated heterocycles. The molecule has 23 heavy (non-hydrogen) atoms. The topological polar surface area (TPSA) is 50.4 Å². The minimum Gasteiger partial charge on any atom is -0.465 e. The van der Waals surface area contributed by atoms with Crippen molar-refractivity contribution in [3.05, 3.63) is 41.7 Å². The van der Waals surface area contributed by atoms with Crippen molar-refractivity contribution in [2.45, 2.75) is 18.9 Å². The number of thiophene rings is 1. The van der Waals surface area contributed by atoms with Crippen LogP contribution in [0.4, 0.5) is 9.39 Å². The van der Waals surface area contributed by atoms with Crippen molar-refractivity contribution < 1.29 is 13.9 Å². The van der Waals surface area contributed by atoms with Gasteiger partial charge in [0.25, 0.3) is 0 Å². The van der Waals surface area contributed by atoms with E-state index in [-0.39, 0.29) is 5.82 Å². The van der Waals surface area contributed by atoms with Crippen LogP contribution in [-0.2, 0) is 4.74 Å². The molecular weight excluding hydrogens is 335 g/mol. The van der Waals surface area contributed by atoms with Gasteiger partial charge in [-0.15, -0.1) is 11.3 Å². The molecule has 1 aliphatic carbocycles. The number of carbonyl (C=O) groups excluding carboxylic acids is 1. The Balaban J connectivity index is 1.87. The Morgan fingerprint density at radius 1 is 1.35 bits per heavy atom. The first-order valence-corrected chi connectivity index (χ1v) is 8.35. The van der Waals surface area contributed by atoms with Crippen molar-refractivity contribution in [3.8, 4) is 10.4 Å². The number of halogens is 1. The van der Waals surface area contributed by atoms with Crippen molar-refractivity contribution in [1.82, 2.24) is 5.32 Å². The van der Waals surface area contributed by atoms with E-state index in [9.17, 15) is 9.18 Å². The first-order valence-electron chi connectivity index (χ1n) is 7.12. The van der Waals surface area contributed by atoms with Gasteiger partial charge in [0, 0.05) is 10.9 Å². The molecule has 2 aromatic rings. The number of nitrogens with one attached hydrogen (secondary N) is 2. The van der Waals surface area contributed by atoms with E-state index in [0.717, 1.165) is 23.3 Å². The molecule has 1 aromatic carbocycles. The van der Waals surface area contributed by atoms with Crippen molar-refractivity contribution >= 4 is 39.6 Å². The average Bonchev–Trinajstić information content (AvgIpc) is 3.25. The highest BCUT2D eigenvalue weighted by atomic mass is 32.1. The number of ether oxygens (including phenoxy) is 1. The fraction of sp³-hybridized carbons (Fsp3) is 0.250. The maximum absolute atomic E-state index is 13.1. The van der Waals surface area contributed by atoms with Gasteiger partial charge in [-0.2, -0.15) is 0 Å². The standard InChI is InChI=1S/C16H15FN2O2S2/c1-21-15(20)12-8-13(9-2-4-10(17)5-3-9)23-14(12)19-16(22)18-11-6-7-11/h2-5,8,11H,6-7H2,1H3,(H2,18,19,22). The molecule has 1 fully saturated rings. The van der Waals surface area contributed by atoms with Gasteiger partial charge in [0.2, 0.25) is 0 Å². The van der Waals surface area contributed by atoms with Crippen LogP contribution < -0.4 is 10.6 Å². The summed E-state index contributed by atoms with van der Waals surface area (Å²) in [6.07, 6.45) is 2.22. The fourth-order valence-electron chi connectivity index (χ4n) is 2.05. The number of anilines is 1. The van der Waals surface area contributed by atoms with Crippen LogP contribution in [0.3, 0.4) is 0 Å². The van der Waals surface area contributed by atoms with Crippen LogP contribution >= 0.6 is 23.6 Å². The van der Waals surface area contributed by atoms with E-state index in [1.165, 1.54) is 30.6 Å². The first-order chi connectivity index (χ1) is 11.1. The summed E-state index contributed by atoms with van der Waals surface area (Å²) >= 11 is 6.64. The highest BCUT2D eigenvalue weighted by Crippen LogP contribution is 2.36. The molecule has 1 aromatic heterocycles. The lowest BCUT2D eigenvalue weighted by atomic mass is 10.1. The molecule has 4 nitrogen and oxygen atoms in total. The Bertz CT molecular complexity index is 739. The summed E-state index contributed by atoms with van der Waals surface area (Å²) in [4.78, 5) is 12.8. The number of esters is 1. The summed E-state index contributed by atoms with van der Waals surface area (Å²) in [6, 6.07) is 8.28. The Morgan fingerprint density at radius 2 is 2.04 bits per heavy atom. The fourth-order valence-corrected chi connectivity index (χ4v) is 3.44. The molecule has 7 heteroatoms. The van der Waals surface area contributed by atoms with Gasteiger partial charge >= 0.3 is 5.97 Å². The van der Waals surface area contributed by atoms with E-state index < -0.39 is 5.97 Å². The van der Waals surface area contributed by atoms with E-state index in [2.05, 4.69) is 10.6 Å². The number of benzene rings is 1. The van der Waals surface area contributed by atoms with E-state index >= 15 is 0 Å². The van der Waals surface area contributed by atoms with E-state index in [4.69, 9.17) is 17.0 Å². The number of hydrogen-bond acceptors (Lipinski definition) is 4. The number of rotatable bonds is 4. The van der Waals surface area contributed by atoms with Gasteiger partial charge in [0.15, 0.2) is 5.11 Å². The summed E-state index contributed by atoms with van der Waals surface area (Å²) in [5.41, 5.74) is 1.24. The summed E-state index contributed by atoms with van der Waals surface area (Å²) in [7, 11) is 1.34. The molecule has 0 atom stereocenters. The predicted molar refractivity (Wildman–Crippen MR) is 93.4 cm³/mol. The quantitative estimate of drug-likeness (QED) is 0.649. The van der Waals surface area contributed by atoms with Crippen LogP contribution in [0.5, 0.6) is 0 Å². The highest BCUT2D eigenvalue weighted by molar-refractivity contribution is 7.80. The molecule has 2 N–H and O–H groups in total. The molecule has 1 saturated carbocycles. The molecule has 1 aliphatic rings. The van der Waals surface area contributed by atoms with Gasteiger partial charge in [0.1, 0.15) is 10.8 Å². The zero-order valence-electron chi connectivity index (χ0n) is 12.4. The van der Waals surface area contributed by atoms with Crippen LogP contribution in [-0.4, -0.2) is 24.2 Å². The van der Waals surface area contributed by atoms with E-state index in [1.807, 2.05) is 0 Å². The largest absolute Gasteiger partial charge is 0.465 e. The Kier molecular flexibility index (Phi) is 4.58. The van der Waals surface area contributed by atoms with Gasteiger partial charge in [-0.25, -0.2) is 9.18 Å². The second kappa shape index (κ2) is 6.64. The summed E-state index contributed by atoms with van der Waals surface area (Å²) in [5, 5.41) is 7.34. The second-order valence-corrected chi connectivity index (χ2v) is 6.69. The Morgan fingerprint density at radius 3 is 2.65 bits per heavy atom. The molecule has 0 bridgehead atoms. The molecule has 1 heterocycles. The van der Waals surface area contributed by atoms with Crippen molar-refractivity contribution in [3.63, 3.8) is 0 Å². The third-order valence-corrected chi connectivity index (χ3v) is 4.73. The van der Waals surface area contributed by atoms with Crippen LogP contribution in [0.2, 0.25) is 0 Å². The van der Waals surface area contributed by atoms with Gasteiger partial charge < -0.3 is 15.4 Å². The van der Waals surface area contributed by atoms with Gasteiger partial charge in [-0.3, -0.25) is 0 Å². The zero-order chi connectivity index (χ0) is 16.4. The monoisotopic (exact) mass is 350 g/mol. The van der Waals surface area contributed by atoms with E-state index in [1.54, 1.807) is 18.2 Å². The van der Waals surface area contributed by atoms with Crippen LogP contribution in [0.25, 0.3) is 10.4 Å². The van der Waals surface area contributed by atoms with Crippen molar-refractivity contribution in [2.75, 3.05) is 12.4 Å². The maximum atomic E-state index is 13.1. The molecule has 120 valence electrons. The summed E-state index contributed by atoms with van der Waals surface area (Å²) in [6.45, 7) is 0. The molecule has 0 radical (unpaired) electrons. The van der Waals surface area contributed by atoms with Crippen LogP contribution in [0.15, 0.2) is 30.3 Å². The van der Waals surface area contributed by atoms with Crippen LogP contribution in [0.1, 0.15) is 23.2 Å². The summed E-state index contributed by atoms with van der Waals surface area (Å²) in [5.74, 6) is -0.738. The highest BCUT2D eigenvalue weighted by Gasteiger charge is 2.23. The third kappa shape index (κ3) is 3.86. The minimum atomic E-state index is -0.439. The normalized spacial score (nSPS) is 13.5. The lowest BCUT2D eigenvalue weighted by Gasteiger charge is -2.09. The van der Waals surface area contributed by atoms with Gasteiger partial charge in [-0.1, -0.05) is 12.1 Å². The van der Waals surface area contributed by atoms with E-state index in [0.29, 0.717) is 21.7 Å². The smallest absolute Gasteiger partial charge is 0.340 e. The minimum absolute atomic E-state index is 0.299. The first kappa shape index (κ1) is 15.9. The maximum Gasteiger partial charge on any atom is 0.340 e. The third-order valence-electron chi connectivity index (χ3n) is 3.41.